The third kappa shape index (κ3) is 3.28. The number of carbonyl (C=O) groups is 1. The van der Waals surface area contributed by atoms with Crippen molar-refractivity contribution in [3.05, 3.63) is 35.6 Å². The van der Waals surface area contributed by atoms with Crippen LogP contribution in [0.2, 0.25) is 0 Å². The van der Waals surface area contributed by atoms with Gasteiger partial charge >= 0.3 is 0 Å². The Hall–Kier alpha value is -2.28. The summed E-state index contributed by atoms with van der Waals surface area (Å²) in [5.74, 6) is -0.179. The molecule has 1 N–H and O–H groups in total. The van der Waals surface area contributed by atoms with Crippen LogP contribution < -0.4 is 5.32 Å². The molecule has 0 unspecified atom stereocenters. The molecule has 1 fully saturated rings. The van der Waals surface area contributed by atoms with Crippen molar-refractivity contribution in [1.82, 2.24) is 24.8 Å². The van der Waals surface area contributed by atoms with E-state index in [4.69, 9.17) is 8.85 Å². The molecule has 1 saturated carbocycles. The summed E-state index contributed by atoms with van der Waals surface area (Å²) in [6.07, 6.45) is 5.33. The van der Waals surface area contributed by atoms with Crippen LogP contribution in [0.5, 0.6) is 0 Å². The van der Waals surface area contributed by atoms with Gasteiger partial charge in [-0.25, -0.2) is 15.0 Å². The SMILES string of the molecule is [2H]c1nc([2H])n(-c2nc3c(c(C(=O)N[C@H]4CC[C@H](OC)CC4)n2)CCC3)c1[2H]. The van der Waals surface area contributed by atoms with Gasteiger partial charge in [0.2, 0.25) is 5.95 Å². The Morgan fingerprint density at radius 1 is 1.32 bits per heavy atom. The predicted molar refractivity (Wildman–Crippen MR) is 91.7 cm³/mol. The maximum Gasteiger partial charge on any atom is 0.270 e. The number of fused-ring (bicyclic) bond motifs is 1. The first-order valence-electron chi connectivity index (χ1n) is 10.2. The third-order valence-corrected chi connectivity index (χ3v) is 5.05. The second-order valence-corrected chi connectivity index (χ2v) is 6.60. The highest BCUT2D eigenvalue weighted by Gasteiger charge is 2.27. The number of hydrogen-bond donors (Lipinski definition) is 1. The average molecular weight is 344 g/mol. The van der Waals surface area contributed by atoms with Gasteiger partial charge in [-0.05, 0) is 44.9 Å². The molecular weight excluding hydrogens is 318 g/mol. The van der Waals surface area contributed by atoms with Gasteiger partial charge in [0.05, 0.1) is 8.85 Å². The van der Waals surface area contributed by atoms with Crippen molar-refractivity contribution in [3.63, 3.8) is 0 Å². The standard InChI is InChI=1S/C18H23N5O2/c1-25-13-7-5-12(6-8-13)20-17(24)16-14-3-2-4-15(14)21-18(22-16)23-10-9-19-11-23/h9-13H,2-8H2,1H3,(H,20,24)/t12-,13-/i9D,10D,11D. The molecule has 7 nitrogen and oxygen atoms in total. The first-order chi connectivity index (χ1) is 13.5. The average Bonchev–Trinajstić information content (AvgIpc) is 3.25. The molecule has 0 atom stereocenters. The molecular formula is C18H23N5O2. The summed E-state index contributed by atoms with van der Waals surface area (Å²) in [4.78, 5) is 25.5. The van der Waals surface area contributed by atoms with Crippen molar-refractivity contribution in [2.75, 3.05) is 7.11 Å². The number of carbonyl (C=O) groups excluding carboxylic acids is 1. The van der Waals surface area contributed by atoms with Crippen LogP contribution in [0.3, 0.4) is 0 Å². The van der Waals surface area contributed by atoms with Crippen LogP contribution in [0.15, 0.2) is 18.6 Å². The van der Waals surface area contributed by atoms with Crippen molar-refractivity contribution in [2.24, 2.45) is 0 Å². The van der Waals surface area contributed by atoms with E-state index in [0.29, 0.717) is 5.69 Å². The zero-order chi connectivity index (χ0) is 19.8. The van der Waals surface area contributed by atoms with Gasteiger partial charge in [-0.1, -0.05) is 0 Å². The van der Waals surface area contributed by atoms with E-state index in [1.54, 1.807) is 7.11 Å². The van der Waals surface area contributed by atoms with Gasteiger partial charge in [0.15, 0.2) is 0 Å². The molecule has 4 rings (SSSR count). The summed E-state index contributed by atoms with van der Waals surface area (Å²) in [5, 5.41) is 3.08. The number of imidazole rings is 1. The topological polar surface area (TPSA) is 81.9 Å². The molecule has 0 radical (unpaired) electrons. The lowest BCUT2D eigenvalue weighted by Crippen LogP contribution is -2.39. The highest BCUT2D eigenvalue weighted by atomic mass is 16.5. The Balaban J connectivity index is 1.63. The van der Waals surface area contributed by atoms with E-state index in [2.05, 4.69) is 20.3 Å². The highest BCUT2D eigenvalue weighted by molar-refractivity contribution is 5.94. The Morgan fingerprint density at radius 3 is 2.88 bits per heavy atom. The number of amides is 1. The fourth-order valence-electron chi connectivity index (χ4n) is 3.67. The Labute approximate surface area is 151 Å². The highest BCUT2D eigenvalue weighted by Crippen LogP contribution is 2.25. The van der Waals surface area contributed by atoms with Gasteiger partial charge in [-0.15, -0.1) is 0 Å². The molecule has 0 spiro atoms. The molecule has 0 bridgehead atoms. The second kappa shape index (κ2) is 6.92. The van der Waals surface area contributed by atoms with Crippen molar-refractivity contribution < 1.29 is 13.6 Å². The lowest BCUT2D eigenvalue weighted by atomic mass is 9.93. The maximum atomic E-state index is 13.0. The second-order valence-electron chi connectivity index (χ2n) is 6.60. The molecule has 0 aromatic carbocycles. The quantitative estimate of drug-likeness (QED) is 0.915. The number of aromatic nitrogens is 4. The number of hydrogen-bond acceptors (Lipinski definition) is 5. The minimum absolute atomic E-state index is 0.0647. The maximum absolute atomic E-state index is 13.0. The van der Waals surface area contributed by atoms with Crippen molar-refractivity contribution >= 4 is 5.91 Å². The first kappa shape index (κ1) is 13.0. The number of ether oxygens (including phenoxy) is 1. The Kier molecular flexibility index (Phi) is 3.59. The van der Waals surface area contributed by atoms with Crippen LogP contribution >= 0.6 is 0 Å². The largest absolute Gasteiger partial charge is 0.381 e. The molecule has 1 amide bonds. The van der Waals surface area contributed by atoms with Crippen LogP contribution in [0.25, 0.3) is 5.95 Å². The summed E-state index contributed by atoms with van der Waals surface area (Å²) >= 11 is 0. The Bertz CT molecular complexity index is 909. The molecule has 132 valence electrons. The van der Waals surface area contributed by atoms with Crippen LogP contribution in [-0.2, 0) is 17.6 Å². The molecule has 2 aromatic heterocycles. The van der Waals surface area contributed by atoms with E-state index >= 15 is 0 Å². The smallest absolute Gasteiger partial charge is 0.270 e. The molecule has 2 aliphatic carbocycles. The number of methoxy groups -OCH3 is 1. The van der Waals surface area contributed by atoms with Gasteiger partial charge in [0.1, 0.15) is 13.4 Å². The van der Waals surface area contributed by atoms with Crippen molar-refractivity contribution in [3.8, 4) is 5.95 Å². The van der Waals surface area contributed by atoms with Gasteiger partial charge < -0.3 is 10.1 Å². The molecule has 2 aliphatic rings. The molecule has 0 aliphatic heterocycles. The van der Waals surface area contributed by atoms with E-state index in [1.807, 2.05) is 0 Å². The van der Waals surface area contributed by atoms with Gasteiger partial charge in [0, 0.05) is 36.8 Å². The Morgan fingerprint density at radius 2 is 2.16 bits per heavy atom. The number of nitrogens with zero attached hydrogens (tertiary/aromatic N) is 4. The number of nitrogens with one attached hydrogen (secondary N) is 1. The summed E-state index contributed by atoms with van der Waals surface area (Å²) in [7, 11) is 1.72. The van der Waals surface area contributed by atoms with E-state index < -0.39 is 0 Å². The van der Waals surface area contributed by atoms with Gasteiger partial charge in [-0.2, -0.15) is 0 Å². The van der Waals surface area contributed by atoms with Crippen LogP contribution in [-0.4, -0.2) is 44.7 Å². The monoisotopic (exact) mass is 344 g/mol. The van der Waals surface area contributed by atoms with Crippen LogP contribution in [0.4, 0.5) is 0 Å². The third-order valence-electron chi connectivity index (χ3n) is 5.05. The van der Waals surface area contributed by atoms with E-state index in [-0.39, 0.29) is 42.7 Å². The van der Waals surface area contributed by atoms with Crippen LogP contribution in [0, 0.1) is 0 Å². The number of aryl methyl sites for hydroxylation is 1. The molecule has 0 saturated heterocycles. The zero-order valence-corrected chi connectivity index (χ0v) is 14.2. The summed E-state index contributed by atoms with van der Waals surface area (Å²) < 4.78 is 30.0. The lowest BCUT2D eigenvalue weighted by molar-refractivity contribution is 0.0598. The normalized spacial score (nSPS) is 24.3. The fourth-order valence-corrected chi connectivity index (χ4v) is 3.67. The lowest BCUT2D eigenvalue weighted by Gasteiger charge is -2.28. The number of rotatable bonds is 4. The zero-order valence-electron chi connectivity index (χ0n) is 17.2. The van der Waals surface area contributed by atoms with Crippen molar-refractivity contribution in [1.29, 1.82) is 0 Å². The molecule has 2 heterocycles. The fraction of sp³-hybridized carbons (Fsp3) is 0.556. The first-order valence-corrected chi connectivity index (χ1v) is 8.74. The van der Waals surface area contributed by atoms with Crippen molar-refractivity contribution in [2.45, 2.75) is 57.1 Å². The summed E-state index contributed by atoms with van der Waals surface area (Å²) in [5.41, 5.74) is 1.93. The molecule has 2 aromatic rings. The van der Waals surface area contributed by atoms with Gasteiger partial charge in [0.25, 0.3) is 5.91 Å². The predicted octanol–water partition coefficient (Wildman–Crippen LogP) is 1.84. The minimum Gasteiger partial charge on any atom is -0.381 e. The van der Waals surface area contributed by atoms with E-state index in [0.717, 1.165) is 60.8 Å². The minimum atomic E-state index is -0.310. The summed E-state index contributed by atoms with van der Waals surface area (Å²) in [6, 6.07) is 0.0842. The van der Waals surface area contributed by atoms with E-state index in [9.17, 15) is 4.79 Å². The van der Waals surface area contributed by atoms with Crippen LogP contribution in [0.1, 0.15) is 58.0 Å². The summed E-state index contributed by atoms with van der Waals surface area (Å²) in [6.45, 7) is 0. The van der Waals surface area contributed by atoms with E-state index in [1.165, 1.54) is 0 Å². The molecule has 25 heavy (non-hydrogen) atoms. The van der Waals surface area contributed by atoms with Gasteiger partial charge in [-0.3, -0.25) is 9.36 Å². The molecule has 7 heteroatoms.